The van der Waals surface area contributed by atoms with E-state index in [9.17, 15) is 21.6 Å². The Kier molecular flexibility index (Phi) is 6.17. The quantitative estimate of drug-likeness (QED) is 0.644. The third-order valence-electron chi connectivity index (χ3n) is 4.30. The van der Waals surface area contributed by atoms with Crippen LogP contribution in [-0.4, -0.2) is 74.3 Å². The van der Waals surface area contributed by atoms with Crippen LogP contribution in [-0.2, 0) is 31.2 Å². The lowest BCUT2D eigenvalue weighted by molar-refractivity contribution is -0.131. The van der Waals surface area contributed by atoms with Crippen LogP contribution >= 0.6 is 0 Å². The molecule has 1 aromatic heterocycles. The number of carbonyl (C=O) groups is 1. The van der Waals surface area contributed by atoms with Gasteiger partial charge in [0, 0.05) is 45.0 Å². The molecule has 1 aliphatic heterocycles. The van der Waals surface area contributed by atoms with Gasteiger partial charge in [-0.1, -0.05) is 0 Å². The first-order chi connectivity index (χ1) is 11.6. The fourth-order valence-electron chi connectivity index (χ4n) is 2.74. The molecule has 0 radical (unpaired) electrons. The highest BCUT2D eigenvalue weighted by Crippen LogP contribution is 2.17. The molecule has 25 heavy (non-hydrogen) atoms. The van der Waals surface area contributed by atoms with Gasteiger partial charge in [-0.3, -0.25) is 9.78 Å². The second kappa shape index (κ2) is 7.79. The van der Waals surface area contributed by atoms with E-state index < -0.39 is 19.9 Å². The van der Waals surface area contributed by atoms with Gasteiger partial charge >= 0.3 is 0 Å². The summed E-state index contributed by atoms with van der Waals surface area (Å²) in [5.74, 6) is -0.194. The Morgan fingerprint density at radius 2 is 1.96 bits per heavy atom. The Bertz CT molecular complexity index is 809. The zero-order valence-electron chi connectivity index (χ0n) is 14.3. The predicted molar refractivity (Wildman–Crippen MR) is 93.9 cm³/mol. The number of rotatable bonds is 7. The summed E-state index contributed by atoms with van der Waals surface area (Å²) in [6, 6.07) is 3.11. The molecule has 10 heteroatoms. The van der Waals surface area contributed by atoms with Crippen molar-refractivity contribution in [1.82, 2.24) is 14.2 Å². The molecular weight excluding hydrogens is 366 g/mol. The summed E-state index contributed by atoms with van der Waals surface area (Å²) in [6.45, 7) is 0.208. The maximum atomic E-state index is 12.3. The molecule has 0 aliphatic carbocycles. The third kappa shape index (κ3) is 5.75. The molecule has 1 aromatic rings. The monoisotopic (exact) mass is 389 g/mol. The van der Waals surface area contributed by atoms with E-state index in [4.69, 9.17) is 0 Å². The van der Waals surface area contributed by atoms with Gasteiger partial charge in [-0.2, -0.15) is 4.31 Å². The first-order valence-electron chi connectivity index (χ1n) is 7.88. The molecule has 0 spiro atoms. The van der Waals surface area contributed by atoms with Crippen LogP contribution in [0.2, 0.25) is 0 Å². The Morgan fingerprint density at radius 3 is 2.48 bits per heavy atom. The van der Waals surface area contributed by atoms with Gasteiger partial charge < -0.3 is 4.90 Å². The highest BCUT2D eigenvalue weighted by Gasteiger charge is 2.32. The second-order valence-electron chi connectivity index (χ2n) is 6.26. The summed E-state index contributed by atoms with van der Waals surface area (Å²) >= 11 is 0. The molecule has 1 aliphatic rings. The van der Waals surface area contributed by atoms with Gasteiger partial charge in [0.05, 0.1) is 17.8 Å². The Morgan fingerprint density at radius 1 is 1.32 bits per heavy atom. The third-order valence-corrected chi connectivity index (χ3v) is 7.30. The number of sulfonamides is 1. The summed E-state index contributed by atoms with van der Waals surface area (Å²) in [5, 5.41) is 0. The van der Waals surface area contributed by atoms with Crippen LogP contribution in [0.3, 0.4) is 0 Å². The van der Waals surface area contributed by atoms with Crippen molar-refractivity contribution in [1.29, 1.82) is 0 Å². The van der Waals surface area contributed by atoms with E-state index in [0.717, 1.165) is 11.8 Å². The van der Waals surface area contributed by atoms with E-state index in [1.165, 1.54) is 9.21 Å². The zero-order valence-corrected chi connectivity index (χ0v) is 16.0. The minimum absolute atomic E-state index is 0.00516. The SMILES string of the molecule is CN(C(=O)CCN(Cc1ccncc1)S(C)(=O)=O)C1CCS(=O)(=O)C1. The van der Waals surface area contributed by atoms with Gasteiger partial charge in [0.25, 0.3) is 0 Å². The lowest BCUT2D eigenvalue weighted by Crippen LogP contribution is -2.40. The average molecular weight is 389 g/mol. The molecule has 2 heterocycles. The van der Waals surface area contributed by atoms with Crippen LogP contribution < -0.4 is 0 Å². The number of aromatic nitrogens is 1. The standard InChI is InChI=1S/C15H23N3O5S2/c1-17(14-6-10-25(22,23)12-14)15(19)5-9-18(24(2,20)21)11-13-3-7-16-8-4-13/h3-4,7-8,14H,5-6,9-12H2,1-2H3. The molecule has 1 unspecified atom stereocenters. The summed E-state index contributed by atoms with van der Waals surface area (Å²) < 4.78 is 48.2. The smallest absolute Gasteiger partial charge is 0.223 e. The van der Waals surface area contributed by atoms with E-state index in [1.807, 2.05) is 0 Å². The predicted octanol–water partition coefficient (Wildman–Crippen LogP) is -0.121. The molecule has 1 amide bonds. The van der Waals surface area contributed by atoms with E-state index in [2.05, 4.69) is 4.98 Å². The molecule has 1 saturated heterocycles. The van der Waals surface area contributed by atoms with Crippen molar-refractivity contribution in [2.75, 3.05) is 31.4 Å². The maximum Gasteiger partial charge on any atom is 0.223 e. The number of nitrogens with zero attached hydrogens (tertiary/aromatic N) is 3. The summed E-state index contributed by atoms with van der Waals surface area (Å²) in [6.07, 6.45) is 4.69. The first-order valence-corrected chi connectivity index (χ1v) is 11.6. The van der Waals surface area contributed by atoms with Crippen molar-refractivity contribution in [3.63, 3.8) is 0 Å². The van der Waals surface area contributed by atoms with E-state index in [0.29, 0.717) is 6.42 Å². The van der Waals surface area contributed by atoms with E-state index >= 15 is 0 Å². The summed E-state index contributed by atoms with van der Waals surface area (Å²) in [5.41, 5.74) is 0.781. The normalized spacial score (nSPS) is 19.9. The molecule has 8 nitrogen and oxygen atoms in total. The van der Waals surface area contributed by atoms with Gasteiger partial charge in [-0.05, 0) is 24.1 Å². The highest BCUT2D eigenvalue weighted by molar-refractivity contribution is 7.91. The molecule has 0 aromatic carbocycles. The first kappa shape index (κ1) is 19.8. The molecule has 1 atom stereocenters. The van der Waals surface area contributed by atoms with Gasteiger partial charge in [0.15, 0.2) is 9.84 Å². The molecule has 140 valence electrons. The molecule has 0 saturated carbocycles. The number of carbonyl (C=O) groups excluding carboxylic acids is 1. The zero-order chi connectivity index (χ0) is 18.7. The molecule has 2 rings (SSSR count). The van der Waals surface area contributed by atoms with Crippen molar-refractivity contribution in [2.24, 2.45) is 0 Å². The molecule has 1 fully saturated rings. The second-order valence-corrected chi connectivity index (χ2v) is 10.5. The van der Waals surface area contributed by atoms with Crippen molar-refractivity contribution in [3.8, 4) is 0 Å². The van der Waals surface area contributed by atoms with Crippen LogP contribution in [0.25, 0.3) is 0 Å². The van der Waals surface area contributed by atoms with Gasteiger partial charge in [-0.15, -0.1) is 0 Å². The largest absolute Gasteiger partial charge is 0.342 e. The lowest BCUT2D eigenvalue weighted by atomic mass is 10.2. The highest BCUT2D eigenvalue weighted by atomic mass is 32.2. The average Bonchev–Trinajstić information content (AvgIpc) is 2.90. The maximum absolute atomic E-state index is 12.3. The Labute approximate surface area is 148 Å². The lowest BCUT2D eigenvalue weighted by Gasteiger charge is -2.25. The van der Waals surface area contributed by atoms with Crippen molar-refractivity contribution in [2.45, 2.75) is 25.4 Å². The fourth-order valence-corrected chi connectivity index (χ4v) is 5.32. The number of sulfone groups is 1. The van der Waals surface area contributed by atoms with Crippen LogP contribution in [0.1, 0.15) is 18.4 Å². The van der Waals surface area contributed by atoms with E-state index in [-0.39, 0.29) is 43.0 Å². The molecule has 0 N–H and O–H groups in total. The number of hydrogen-bond donors (Lipinski definition) is 0. The van der Waals surface area contributed by atoms with Gasteiger partial charge in [0.2, 0.25) is 15.9 Å². The minimum atomic E-state index is -3.48. The van der Waals surface area contributed by atoms with Gasteiger partial charge in [-0.25, -0.2) is 16.8 Å². The Balaban J connectivity index is 1.97. The van der Waals surface area contributed by atoms with Crippen molar-refractivity contribution in [3.05, 3.63) is 30.1 Å². The van der Waals surface area contributed by atoms with Gasteiger partial charge in [0.1, 0.15) is 0 Å². The number of hydrogen-bond acceptors (Lipinski definition) is 6. The topological polar surface area (TPSA) is 105 Å². The Hall–Kier alpha value is -1.52. The number of pyridine rings is 1. The molecular formula is C15H23N3O5S2. The van der Waals surface area contributed by atoms with Crippen molar-refractivity contribution < 1.29 is 21.6 Å². The summed E-state index contributed by atoms with van der Waals surface area (Å²) in [7, 11) is -4.98. The number of amides is 1. The fraction of sp³-hybridized carbons (Fsp3) is 0.600. The van der Waals surface area contributed by atoms with Crippen LogP contribution in [0.5, 0.6) is 0 Å². The minimum Gasteiger partial charge on any atom is -0.342 e. The summed E-state index contributed by atoms with van der Waals surface area (Å²) in [4.78, 5) is 17.6. The van der Waals surface area contributed by atoms with Crippen LogP contribution in [0.4, 0.5) is 0 Å². The van der Waals surface area contributed by atoms with Crippen molar-refractivity contribution >= 4 is 25.8 Å². The van der Waals surface area contributed by atoms with E-state index in [1.54, 1.807) is 31.6 Å². The van der Waals surface area contributed by atoms with Crippen LogP contribution in [0.15, 0.2) is 24.5 Å². The molecule has 0 bridgehead atoms. The van der Waals surface area contributed by atoms with Crippen LogP contribution in [0, 0.1) is 0 Å².